The largest absolute Gasteiger partial charge is 0.301 e. The molecule has 3 rings (SSSR count). The Morgan fingerprint density at radius 3 is 2.12 bits per heavy atom. The van der Waals surface area contributed by atoms with E-state index < -0.39 is 0 Å². The van der Waals surface area contributed by atoms with Gasteiger partial charge in [-0.2, -0.15) is 0 Å². The van der Waals surface area contributed by atoms with Gasteiger partial charge in [0.1, 0.15) is 5.01 Å². The summed E-state index contributed by atoms with van der Waals surface area (Å²) in [4.78, 5) is 12.3. The fourth-order valence-electron chi connectivity index (χ4n) is 2.90. The summed E-state index contributed by atoms with van der Waals surface area (Å²) in [6.45, 7) is 4.23. The van der Waals surface area contributed by atoms with Crippen LogP contribution in [0.1, 0.15) is 48.2 Å². The van der Waals surface area contributed by atoms with Crippen molar-refractivity contribution in [1.82, 2.24) is 10.2 Å². The first-order valence-electron chi connectivity index (χ1n) is 8.84. The van der Waals surface area contributed by atoms with Gasteiger partial charge < -0.3 is 5.32 Å². The number of hydrogen-bond donors (Lipinski definition) is 1. The lowest BCUT2D eigenvalue weighted by atomic mass is 9.98. The number of rotatable bonds is 7. The van der Waals surface area contributed by atoms with Crippen LogP contribution in [0.5, 0.6) is 0 Å². The van der Waals surface area contributed by atoms with Gasteiger partial charge in [-0.15, -0.1) is 10.2 Å². The van der Waals surface area contributed by atoms with Crippen molar-refractivity contribution >= 4 is 22.4 Å². The van der Waals surface area contributed by atoms with Crippen molar-refractivity contribution in [2.75, 3.05) is 5.32 Å². The monoisotopic (exact) mass is 365 g/mol. The number of hydrogen-bond acceptors (Lipinski definition) is 4. The van der Waals surface area contributed by atoms with Crippen LogP contribution in [0.4, 0.5) is 5.13 Å². The topological polar surface area (TPSA) is 54.9 Å². The molecule has 1 amide bonds. The van der Waals surface area contributed by atoms with Gasteiger partial charge in [-0.05, 0) is 23.0 Å². The van der Waals surface area contributed by atoms with E-state index in [4.69, 9.17) is 0 Å². The predicted octanol–water partition coefficient (Wildman–Crippen LogP) is 5.02. The van der Waals surface area contributed by atoms with Crippen LogP contribution in [0.3, 0.4) is 0 Å². The third-order valence-electron chi connectivity index (χ3n) is 4.42. The number of aromatic nitrogens is 2. The van der Waals surface area contributed by atoms with Gasteiger partial charge in [-0.1, -0.05) is 85.8 Å². The summed E-state index contributed by atoms with van der Waals surface area (Å²) in [6, 6.07) is 20.4. The molecule has 0 fully saturated rings. The first kappa shape index (κ1) is 18.3. The van der Waals surface area contributed by atoms with Crippen molar-refractivity contribution < 1.29 is 4.79 Å². The number of carbonyl (C=O) groups is 1. The molecule has 4 nitrogen and oxygen atoms in total. The summed E-state index contributed by atoms with van der Waals surface area (Å²) in [6.07, 6.45) is 1.25. The second-order valence-corrected chi connectivity index (χ2v) is 7.64. The molecule has 0 aliphatic carbocycles. The Balaban J connectivity index is 1.54. The van der Waals surface area contributed by atoms with E-state index in [2.05, 4.69) is 41.5 Å². The number of carbonyl (C=O) groups excluding carboxylic acids is 1. The number of anilines is 1. The summed E-state index contributed by atoms with van der Waals surface area (Å²) in [5.41, 5.74) is 2.45. The number of nitrogens with one attached hydrogen (secondary N) is 1. The quantitative estimate of drug-likeness (QED) is 0.640. The van der Waals surface area contributed by atoms with Gasteiger partial charge in [0.2, 0.25) is 11.0 Å². The zero-order valence-corrected chi connectivity index (χ0v) is 15.9. The molecule has 134 valence electrons. The predicted molar refractivity (Wildman–Crippen MR) is 107 cm³/mol. The molecular formula is C21H23N3OS. The summed E-state index contributed by atoms with van der Waals surface area (Å²) in [7, 11) is 0. The fraction of sp³-hybridized carbons (Fsp3) is 0.286. The van der Waals surface area contributed by atoms with Gasteiger partial charge in [0, 0.05) is 12.8 Å². The van der Waals surface area contributed by atoms with Crippen LogP contribution in [-0.2, 0) is 11.2 Å². The maximum Gasteiger partial charge on any atom is 0.226 e. The Hall–Kier alpha value is -2.53. The average molecular weight is 366 g/mol. The van der Waals surface area contributed by atoms with Gasteiger partial charge in [0.15, 0.2) is 0 Å². The number of nitrogens with zero attached hydrogens (tertiary/aromatic N) is 2. The Labute approximate surface area is 158 Å². The van der Waals surface area contributed by atoms with Crippen LogP contribution in [0.2, 0.25) is 0 Å². The summed E-state index contributed by atoms with van der Waals surface area (Å²) in [5, 5.41) is 12.7. The van der Waals surface area contributed by atoms with Gasteiger partial charge >= 0.3 is 0 Å². The zero-order chi connectivity index (χ0) is 18.4. The molecule has 0 aliphatic heterocycles. The van der Waals surface area contributed by atoms with Crippen LogP contribution < -0.4 is 5.32 Å². The smallest absolute Gasteiger partial charge is 0.226 e. The Kier molecular flexibility index (Phi) is 6.12. The molecule has 0 bridgehead atoms. The normalized spacial score (nSPS) is 13.2. The van der Waals surface area contributed by atoms with Crippen molar-refractivity contribution in [3.8, 4) is 0 Å². The van der Waals surface area contributed by atoms with Crippen molar-refractivity contribution in [3.63, 3.8) is 0 Å². The van der Waals surface area contributed by atoms with Crippen LogP contribution in [0.25, 0.3) is 0 Å². The Bertz CT molecular complexity index is 833. The Morgan fingerprint density at radius 2 is 1.50 bits per heavy atom. The SMILES string of the molecule is CC(CC(=O)Nc1nnc(CC(C)c2ccccc2)s1)c1ccccc1. The molecule has 0 radical (unpaired) electrons. The minimum absolute atomic E-state index is 0.0276. The van der Waals surface area contributed by atoms with E-state index in [1.165, 1.54) is 16.9 Å². The van der Waals surface area contributed by atoms with E-state index in [0.29, 0.717) is 17.5 Å². The Morgan fingerprint density at radius 1 is 0.923 bits per heavy atom. The molecule has 1 heterocycles. The highest BCUT2D eigenvalue weighted by atomic mass is 32.1. The average Bonchev–Trinajstić information content (AvgIpc) is 3.09. The summed E-state index contributed by atoms with van der Waals surface area (Å²) >= 11 is 1.45. The van der Waals surface area contributed by atoms with Gasteiger partial charge in [-0.3, -0.25) is 4.79 Å². The lowest BCUT2D eigenvalue weighted by Gasteiger charge is -2.10. The molecule has 0 saturated carbocycles. The lowest BCUT2D eigenvalue weighted by molar-refractivity contribution is -0.116. The zero-order valence-electron chi connectivity index (χ0n) is 15.1. The molecule has 2 aromatic carbocycles. The summed E-state index contributed by atoms with van der Waals surface area (Å²) < 4.78 is 0. The highest BCUT2D eigenvalue weighted by molar-refractivity contribution is 7.15. The lowest BCUT2D eigenvalue weighted by Crippen LogP contribution is -2.14. The van der Waals surface area contributed by atoms with E-state index in [1.54, 1.807) is 0 Å². The molecule has 1 N–H and O–H groups in total. The molecule has 2 atom stereocenters. The first-order valence-corrected chi connectivity index (χ1v) is 9.65. The molecular weight excluding hydrogens is 342 g/mol. The number of benzene rings is 2. The van der Waals surface area contributed by atoms with Crippen molar-refractivity contribution in [1.29, 1.82) is 0 Å². The molecule has 1 aromatic heterocycles. The van der Waals surface area contributed by atoms with Crippen molar-refractivity contribution in [3.05, 3.63) is 76.8 Å². The first-order chi connectivity index (χ1) is 12.6. The van der Waals surface area contributed by atoms with Crippen molar-refractivity contribution in [2.45, 2.75) is 38.5 Å². The van der Waals surface area contributed by atoms with Gasteiger partial charge in [0.05, 0.1) is 0 Å². The number of amides is 1. The van der Waals surface area contributed by atoms with E-state index in [9.17, 15) is 4.79 Å². The molecule has 0 spiro atoms. The van der Waals surface area contributed by atoms with Gasteiger partial charge in [-0.25, -0.2) is 0 Å². The highest BCUT2D eigenvalue weighted by Gasteiger charge is 2.15. The van der Waals surface area contributed by atoms with E-state index in [1.807, 2.05) is 48.5 Å². The minimum atomic E-state index is -0.0276. The van der Waals surface area contributed by atoms with Crippen molar-refractivity contribution in [2.24, 2.45) is 0 Å². The highest BCUT2D eigenvalue weighted by Crippen LogP contribution is 2.25. The second kappa shape index (κ2) is 8.72. The van der Waals surface area contributed by atoms with E-state index >= 15 is 0 Å². The molecule has 2 unspecified atom stereocenters. The molecule has 26 heavy (non-hydrogen) atoms. The fourth-order valence-corrected chi connectivity index (χ4v) is 3.78. The van der Waals surface area contributed by atoms with Crippen LogP contribution in [-0.4, -0.2) is 16.1 Å². The van der Waals surface area contributed by atoms with Gasteiger partial charge in [0.25, 0.3) is 0 Å². The third kappa shape index (κ3) is 4.99. The maximum atomic E-state index is 12.3. The van der Waals surface area contributed by atoms with Crippen LogP contribution >= 0.6 is 11.3 Å². The molecule has 0 saturated heterocycles. The molecule has 0 aliphatic rings. The van der Waals surface area contributed by atoms with E-state index in [0.717, 1.165) is 17.0 Å². The molecule has 5 heteroatoms. The second-order valence-electron chi connectivity index (χ2n) is 6.58. The maximum absolute atomic E-state index is 12.3. The standard InChI is InChI=1S/C21H23N3OS/c1-15(17-9-5-3-6-10-17)13-19(25)22-21-24-23-20(26-21)14-16(2)18-11-7-4-8-12-18/h3-12,15-16H,13-14H2,1-2H3,(H,22,24,25). The van der Waals surface area contributed by atoms with Crippen LogP contribution in [0.15, 0.2) is 60.7 Å². The minimum Gasteiger partial charge on any atom is -0.301 e. The molecule has 3 aromatic rings. The van der Waals surface area contributed by atoms with E-state index in [-0.39, 0.29) is 11.8 Å². The third-order valence-corrected chi connectivity index (χ3v) is 5.28. The summed E-state index contributed by atoms with van der Waals surface area (Å²) in [5.74, 6) is 0.507. The van der Waals surface area contributed by atoms with Crippen LogP contribution in [0, 0.1) is 0 Å².